The minimum absolute atomic E-state index is 0.00259. The molecule has 0 aromatic carbocycles. The second-order valence-electron chi connectivity index (χ2n) is 7.71. The Morgan fingerprint density at radius 3 is 1.56 bits per heavy atom. The van der Waals surface area contributed by atoms with Crippen LogP contribution in [0.4, 0.5) is 0 Å². The van der Waals surface area contributed by atoms with Gasteiger partial charge in [0.25, 0.3) is 0 Å². The van der Waals surface area contributed by atoms with E-state index < -0.39 is 0 Å². The van der Waals surface area contributed by atoms with Gasteiger partial charge in [-0.25, -0.2) is 0 Å². The molecule has 1 aliphatic heterocycles. The molecule has 1 fully saturated rings. The maximum Gasteiger partial charge on any atom is 0.309 e. The predicted molar refractivity (Wildman–Crippen MR) is 106 cm³/mol. The summed E-state index contributed by atoms with van der Waals surface area (Å²) in [7, 11) is 0. The second-order valence-corrected chi connectivity index (χ2v) is 7.71. The maximum atomic E-state index is 12.2. The lowest BCUT2D eigenvalue weighted by Gasteiger charge is -2.18. The molecule has 1 heterocycles. The van der Waals surface area contributed by atoms with Gasteiger partial charge in [-0.05, 0) is 38.5 Å². The third kappa shape index (κ3) is 9.09. The summed E-state index contributed by atoms with van der Waals surface area (Å²) < 4.78 is 16.9. The first-order valence-corrected chi connectivity index (χ1v) is 11.0. The van der Waals surface area contributed by atoms with Crippen LogP contribution in [0.2, 0.25) is 0 Å². The van der Waals surface area contributed by atoms with Crippen molar-refractivity contribution in [2.75, 3.05) is 13.2 Å². The molecule has 4 atom stereocenters. The summed E-state index contributed by atoms with van der Waals surface area (Å²) in [6.07, 6.45) is 9.24. The number of ether oxygens (including phenoxy) is 3. The van der Waals surface area contributed by atoms with Gasteiger partial charge in [0.05, 0.1) is 24.0 Å². The van der Waals surface area contributed by atoms with Crippen LogP contribution in [0.15, 0.2) is 0 Å². The Bertz CT molecular complexity index is 385. The molecule has 1 rings (SSSR count). The quantitative estimate of drug-likeness (QED) is 0.392. The van der Waals surface area contributed by atoms with E-state index in [1.807, 2.05) is 13.8 Å². The molecule has 0 radical (unpaired) electrons. The van der Waals surface area contributed by atoms with E-state index in [-0.39, 0.29) is 36.0 Å². The Morgan fingerprint density at radius 2 is 1.22 bits per heavy atom. The largest absolute Gasteiger partial charge is 0.463 e. The van der Waals surface area contributed by atoms with E-state index in [1.54, 1.807) is 0 Å². The van der Waals surface area contributed by atoms with Crippen molar-refractivity contribution in [1.82, 2.24) is 0 Å². The zero-order valence-corrected chi connectivity index (χ0v) is 17.8. The van der Waals surface area contributed by atoms with E-state index in [2.05, 4.69) is 13.8 Å². The first-order chi connectivity index (χ1) is 13.0. The van der Waals surface area contributed by atoms with E-state index in [0.717, 1.165) is 64.2 Å². The fourth-order valence-electron chi connectivity index (χ4n) is 3.49. The number of esters is 2. The van der Waals surface area contributed by atoms with E-state index in [1.165, 1.54) is 0 Å². The number of rotatable bonds is 14. The monoisotopic (exact) mass is 384 g/mol. The van der Waals surface area contributed by atoms with Gasteiger partial charge in [-0.3, -0.25) is 9.59 Å². The predicted octanol–water partition coefficient (Wildman–Crippen LogP) is 5.05. The van der Waals surface area contributed by atoms with Crippen molar-refractivity contribution in [2.45, 2.75) is 104 Å². The maximum absolute atomic E-state index is 12.2. The van der Waals surface area contributed by atoms with Crippen LogP contribution in [-0.2, 0) is 23.8 Å². The molecule has 0 saturated carbocycles. The standard InChI is InChI=1S/C22H40O5/c1-5-9-11-17(7-3)21(23)25-15-19-13-14-20(27-19)16-26-22(24)18(8-4)12-10-6-2/h17-20H,5-16H2,1-4H3/t17?,18?,19-,20-/m0/s1. The Hall–Kier alpha value is -1.10. The normalized spacial score (nSPS) is 21.6. The van der Waals surface area contributed by atoms with Gasteiger partial charge in [0, 0.05) is 0 Å². The van der Waals surface area contributed by atoms with Gasteiger partial charge >= 0.3 is 11.9 Å². The smallest absolute Gasteiger partial charge is 0.309 e. The lowest BCUT2D eigenvalue weighted by Crippen LogP contribution is -2.26. The van der Waals surface area contributed by atoms with Gasteiger partial charge in [0.2, 0.25) is 0 Å². The Balaban J connectivity index is 2.27. The van der Waals surface area contributed by atoms with Crippen molar-refractivity contribution in [3.8, 4) is 0 Å². The van der Waals surface area contributed by atoms with Crippen molar-refractivity contribution in [3.63, 3.8) is 0 Å². The molecule has 1 aliphatic rings. The molecule has 2 unspecified atom stereocenters. The summed E-state index contributed by atoms with van der Waals surface area (Å²) in [4.78, 5) is 24.4. The number of carbonyl (C=O) groups is 2. The van der Waals surface area contributed by atoms with Gasteiger partial charge in [-0.2, -0.15) is 0 Å². The first-order valence-electron chi connectivity index (χ1n) is 11.0. The molecular formula is C22H40O5. The van der Waals surface area contributed by atoms with Gasteiger partial charge in [0.15, 0.2) is 0 Å². The van der Waals surface area contributed by atoms with Crippen LogP contribution in [0.1, 0.15) is 91.9 Å². The van der Waals surface area contributed by atoms with Gasteiger partial charge in [0.1, 0.15) is 13.2 Å². The summed E-state index contributed by atoms with van der Waals surface area (Å²) in [6, 6.07) is 0. The molecule has 0 bridgehead atoms. The molecule has 0 aliphatic carbocycles. The number of hydrogen-bond donors (Lipinski definition) is 0. The summed E-state index contributed by atoms with van der Waals surface area (Å²) >= 11 is 0. The minimum Gasteiger partial charge on any atom is -0.463 e. The Kier molecular flexibility index (Phi) is 12.4. The van der Waals surface area contributed by atoms with Crippen LogP contribution in [0.5, 0.6) is 0 Å². The Morgan fingerprint density at radius 1 is 0.815 bits per heavy atom. The number of unbranched alkanes of at least 4 members (excludes halogenated alkanes) is 2. The molecule has 1 saturated heterocycles. The fraction of sp³-hybridized carbons (Fsp3) is 0.909. The van der Waals surface area contributed by atoms with Crippen molar-refractivity contribution < 1.29 is 23.8 Å². The lowest BCUT2D eigenvalue weighted by atomic mass is 10.00. The molecule has 5 nitrogen and oxygen atoms in total. The van der Waals surface area contributed by atoms with Crippen LogP contribution < -0.4 is 0 Å². The molecule has 0 aromatic rings. The third-order valence-corrected chi connectivity index (χ3v) is 5.48. The highest BCUT2D eigenvalue weighted by atomic mass is 16.6. The molecule has 0 N–H and O–H groups in total. The topological polar surface area (TPSA) is 61.8 Å². The van der Waals surface area contributed by atoms with Crippen LogP contribution in [-0.4, -0.2) is 37.4 Å². The summed E-state index contributed by atoms with van der Waals surface area (Å²) in [5.74, 6) is -0.216. The summed E-state index contributed by atoms with van der Waals surface area (Å²) in [5, 5.41) is 0. The Labute approximate surface area is 165 Å². The fourth-order valence-corrected chi connectivity index (χ4v) is 3.49. The van der Waals surface area contributed by atoms with Crippen molar-refractivity contribution in [3.05, 3.63) is 0 Å². The highest BCUT2D eigenvalue weighted by Gasteiger charge is 2.29. The zero-order chi connectivity index (χ0) is 20.1. The van der Waals surface area contributed by atoms with Crippen LogP contribution >= 0.6 is 0 Å². The zero-order valence-electron chi connectivity index (χ0n) is 17.8. The van der Waals surface area contributed by atoms with Crippen molar-refractivity contribution in [2.24, 2.45) is 11.8 Å². The van der Waals surface area contributed by atoms with Crippen LogP contribution in [0.3, 0.4) is 0 Å². The molecule has 0 spiro atoms. The van der Waals surface area contributed by atoms with E-state index in [0.29, 0.717) is 13.2 Å². The van der Waals surface area contributed by atoms with Crippen molar-refractivity contribution in [1.29, 1.82) is 0 Å². The minimum atomic E-state index is -0.105. The molecule has 158 valence electrons. The molecule has 27 heavy (non-hydrogen) atoms. The molecule has 5 heteroatoms. The first kappa shape index (κ1) is 23.9. The highest BCUT2D eigenvalue weighted by Crippen LogP contribution is 2.22. The van der Waals surface area contributed by atoms with E-state index in [9.17, 15) is 9.59 Å². The highest BCUT2D eigenvalue weighted by molar-refractivity contribution is 5.72. The van der Waals surface area contributed by atoms with Crippen molar-refractivity contribution >= 4 is 11.9 Å². The third-order valence-electron chi connectivity index (χ3n) is 5.48. The summed E-state index contributed by atoms with van der Waals surface area (Å²) in [5.41, 5.74) is 0. The molecular weight excluding hydrogens is 344 g/mol. The van der Waals surface area contributed by atoms with Gasteiger partial charge in [-0.15, -0.1) is 0 Å². The lowest BCUT2D eigenvalue weighted by molar-refractivity contribution is -0.156. The number of hydrogen-bond acceptors (Lipinski definition) is 5. The second kappa shape index (κ2) is 14.0. The summed E-state index contributed by atoms with van der Waals surface area (Å²) in [6.45, 7) is 8.93. The van der Waals surface area contributed by atoms with Crippen LogP contribution in [0.25, 0.3) is 0 Å². The van der Waals surface area contributed by atoms with E-state index in [4.69, 9.17) is 14.2 Å². The molecule has 0 aromatic heterocycles. The average Bonchev–Trinajstić information content (AvgIpc) is 3.13. The average molecular weight is 385 g/mol. The van der Waals surface area contributed by atoms with Gasteiger partial charge in [-0.1, -0.05) is 53.4 Å². The SMILES string of the molecule is CCCCC(CC)C(=O)OC[C@@H]1CC[C@@H](COC(=O)C(CC)CCCC)O1. The van der Waals surface area contributed by atoms with E-state index >= 15 is 0 Å². The van der Waals surface area contributed by atoms with Gasteiger partial charge < -0.3 is 14.2 Å². The number of carbonyl (C=O) groups excluding carboxylic acids is 2. The molecule has 0 amide bonds. The van der Waals surface area contributed by atoms with Crippen LogP contribution in [0, 0.1) is 11.8 Å².